The summed E-state index contributed by atoms with van der Waals surface area (Å²) in [7, 11) is 6.52. The van der Waals surface area contributed by atoms with Crippen molar-refractivity contribution in [3.05, 3.63) is 65.2 Å². The Labute approximate surface area is 213 Å². The molecule has 2 aromatic rings. The van der Waals surface area contributed by atoms with Crippen LogP contribution >= 0.6 is 0 Å². The number of unbranched alkanes of at least 4 members (excludes halogenated alkanes) is 5. The van der Waals surface area contributed by atoms with E-state index in [0.717, 1.165) is 19.3 Å². The van der Waals surface area contributed by atoms with Gasteiger partial charge in [0, 0.05) is 28.4 Å². The fourth-order valence-corrected chi connectivity index (χ4v) is 5.00. The maximum absolute atomic E-state index is 5.42. The minimum absolute atomic E-state index is 0.0867. The third kappa shape index (κ3) is 8.01. The molecule has 35 heavy (non-hydrogen) atoms. The van der Waals surface area contributed by atoms with Gasteiger partial charge in [-0.05, 0) is 47.6 Å². The first-order valence-electron chi connectivity index (χ1n) is 13.1. The largest absolute Gasteiger partial charge is 0.384 e. The van der Waals surface area contributed by atoms with Gasteiger partial charge in [0.25, 0.3) is 5.97 Å². The summed E-state index contributed by atoms with van der Waals surface area (Å²) in [6, 6.07) is 15.3. The van der Waals surface area contributed by atoms with E-state index in [2.05, 4.69) is 68.5 Å². The van der Waals surface area contributed by atoms with Crippen molar-refractivity contribution in [3.8, 4) is 11.1 Å². The molecule has 0 radical (unpaired) electrons. The zero-order valence-corrected chi connectivity index (χ0v) is 22.8. The average molecular weight is 483 g/mol. The van der Waals surface area contributed by atoms with Crippen LogP contribution in [0.15, 0.2) is 48.5 Å². The highest BCUT2D eigenvalue weighted by atomic mass is 16.9. The van der Waals surface area contributed by atoms with Crippen molar-refractivity contribution in [1.29, 1.82) is 0 Å². The lowest BCUT2D eigenvalue weighted by Crippen LogP contribution is -2.46. The molecule has 0 fully saturated rings. The van der Waals surface area contributed by atoms with Gasteiger partial charge in [-0.3, -0.25) is 0 Å². The van der Waals surface area contributed by atoms with Crippen LogP contribution in [0.1, 0.15) is 75.5 Å². The van der Waals surface area contributed by atoms with Crippen LogP contribution in [0, 0.1) is 5.92 Å². The van der Waals surface area contributed by atoms with Crippen LogP contribution in [-0.2, 0) is 25.4 Å². The van der Waals surface area contributed by atoms with Crippen molar-refractivity contribution >= 4 is 6.08 Å². The van der Waals surface area contributed by atoms with E-state index in [1.807, 2.05) is 0 Å². The molecule has 0 aromatic heterocycles. The summed E-state index contributed by atoms with van der Waals surface area (Å²) in [6.07, 6.45) is 14.0. The van der Waals surface area contributed by atoms with Gasteiger partial charge in [0.15, 0.2) is 0 Å². The quantitative estimate of drug-likeness (QED) is 0.173. The fourth-order valence-electron chi connectivity index (χ4n) is 5.00. The number of rotatable bonds is 14. The van der Waals surface area contributed by atoms with Gasteiger partial charge in [-0.1, -0.05) is 100 Å². The van der Waals surface area contributed by atoms with E-state index >= 15 is 0 Å². The number of benzene rings is 2. The Morgan fingerprint density at radius 1 is 0.829 bits per heavy atom. The molecule has 0 amide bonds. The summed E-state index contributed by atoms with van der Waals surface area (Å²) in [5, 5.41) is 0. The highest BCUT2D eigenvalue weighted by Crippen LogP contribution is 2.38. The summed E-state index contributed by atoms with van der Waals surface area (Å²) in [5.74, 6) is -0.900. The molecule has 0 N–H and O–H groups in total. The molecular formula is C31H46O4. The smallest absolute Gasteiger partial charge is 0.287 e. The summed E-state index contributed by atoms with van der Waals surface area (Å²) >= 11 is 0. The monoisotopic (exact) mass is 482 g/mol. The van der Waals surface area contributed by atoms with E-state index in [4.69, 9.17) is 18.9 Å². The van der Waals surface area contributed by atoms with Crippen molar-refractivity contribution < 1.29 is 18.9 Å². The Morgan fingerprint density at radius 2 is 1.49 bits per heavy atom. The van der Waals surface area contributed by atoms with Gasteiger partial charge in [0.05, 0.1) is 12.5 Å². The lowest BCUT2D eigenvalue weighted by molar-refractivity contribution is -0.383. The first-order chi connectivity index (χ1) is 17.1. The van der Waals surface area contributed by atoms with Gasteiger partial charge in [-0.2, -0.15) is 0 Å². The Bertz CT molecular complexity index is 877. The topological polar surface area (TPSA) is 36.9 Å². The normalized spacial score (nSPS) is 13.3. The summed E-state index contributed by atoms with van der Waals surface area (Å²) < 4.78 is 21.5. The maximum atomic E-state index is 5.42. The molecule has 0 spiro atoms. The maximum Gasteiger partial charge on any atom is 0.287 e. The number of ether oxygens (including phenoxy) is 4. The van der Waals surface area contributed by atoms with Crippen LogP contribution in [0.4, 0.5) is 0 Å². The fraction of sp³-hybridized carbons (Fsp3) is 0.548. The highest BCUT2D eigenvalue weighted by molar-refractivity contribution is 5.80. The molecule has 4 nitrogen and oxygen atoms in total. The van der Waals surface area contributed by atoms with E-state index < -0.39 is 5.97 Å². The Balaban J connectivity index is 0.000000249. The lowest BCUT2D eigenvalue weighted by atomic mass is 9.98. The van der Waals surface area contributed by atoms with Crippen LogP contribution in [0.25, 0.3) is 17.2 Å². The minimum atomic E-state index is -0.987. The second kappa shape index (κ2) is 15.9. The minimum Gasteiger partial charge on any atom is -0.384 e. The van der Waals surface area contributed by atoms with E-state index in [1.54, 1.807) is 28.4 Å². The molecule has 4 heteroatoms. The van der Waals surface area contributed by atoms with Gasteiger partial charge < -0.3 is 18.9 Å². The Kier molecular flexibility index (Phi) is 13.3. The molecule has 0 saturated heterocycles. The highest BCUT2D eigenvalue weighted by Gasteiger charge is 2.39. The molecule has 2 aromatic carbocycles. The average Bonchev–Trinajstić information content (AvgIpc) is 3.28. The second-order valence-electron chi connectivity index (χ2n) is 9.13. The Hall–Kier alpha value is -1.98. The molecule has 1 atom stereocenters. The number of hydrogen-bond donors (Lipinski definition) is 0. The SMILES string of the molecule is CC=Cc1cccc2c1Cc1ccccc1-2.CCCCCCCCC(COC)C(OC)(OC)OC. The van der Waals surface area contributed by atoms with Crippen LogP contribution < -0.4 is 0 Å². The number of methoxy groups -OCH3 is 4. The Morgan fingerprint density at radius 3 is 2.14 bits per heavy atom. The van der Waals surface area contributed by atoms with Gasteiger partial charge in [-0.25, -0.2) is 0 Å². The first-order valence-corrected chi connectivity index (χ1v) is 13.1. The van der Waals surface area contributed by atoms with Gasteiger partial charge in [-0.15, -0.1) is 0 Å². The second-order valence-corrected chi connectivity index (χ2v) is 9.13. The summed E-state index contributed by atoms with van der Waals surface area (Å²) in [6.45, 7) is 4.88. The van der Waals surface area contributed by atoms with Crippen molar-refractivity contribution in [1.82, 2.24) is 0 Å². The number of fused-ring (bicyclic) bond motifs is 3. The molecule has 0 saturated carbocycles. The van der Waals surface area contributed by atoms with Gasteiger partial charge in [0.2, 0.25) is 0 Å². The van der Waals surface area contributed by atoms with Crippen molar-refractivity contribution in [3.63, 3.8) is 0 Å². The molecule has 1 aliphatic rings. The van der Waals surface area contributed by atoms with E-state index in [0.29, 0.717) is 6.61 Å². The summed E-state index contributed by atoms with van der Waals surface area (Å²) in [4.78, 5) is 0. The van der Waals surface area contributed by atoms with Crippen LogP contribution in [0.5, 0.6) is 0 Å². The van der Waals surface area contributed by atoms with Crippen LogP contribution in [0.2, 0.25) is 0 Å². The van der Waals surface area contributed by atoms with Gasteiger partial charge in [0.1, 0.15) is 0 Å². The van der Waals surface area contributed by atoms with Crippen molar-refractivity contribution in [2.75, 3.05) is 35.0 Å². The van der Waals surface area contributed by atoms with E-state index in [-0.39, 0.29) is 5.92 Å². The third-order valence-corrected chi connectivity index (χ3v) is 6.86. The molecule has 1 unspecified atom stereocenters. The molecule has 1 aliphatic carbocycles. The first kappa shape index (κ1) is 29.3. The standard InChI is InChI=1S/C16H14.C15H32O4/c1-2-6-12-8-5-10-15-14-9-4-3-7-13(14)11-16(12)15;1-6-7-8-9-10-11-12-14(13-16-2)15(17-3,18-4)19-5/h2-10H,11H2,1H3;14H,6-13H2,1-5H3. The summed E-state index contributed by atoms with van der Waals surface area (Å²) in [5.41, 5.74) is 7.10. The predicted molar refractivity (Wildman–Crippen MR) is 147 cm³/mol. The van der Waals surface area contributed by atoms with Gasteiger partial charge >= 0.3 is 0 Å². The zero-order chi connectivity index (χ0) is 25.5. The van der Waals surface area contributed by atoms with Crippen LogP contribution in [-0.4, -0.2) is 41.0 Å². The van der Waals surface area contributed by atoms with Crippen LogP contribution in [0.3, 0.4) is 0 Å². The van der Waals surface area contributed by atoms with Crippen molar-refractivity contribution in [2.45, 2.75) is 71.2 Å². The van der Waals surface area contributed by atoms with Crippen molar-refractivity contribution in [2.24, 2.45) is 5.92 Å². The molecule has 0 heterocycles. The molecule has 0 bridgehead atoms. The zero-order valence-electron chi connectivity index (χ0n) is 22.8. The molecule has 3 rings (SSSR count). The lowest BCUT2D eigenvalue weighted by Gasteiger charge is -2.36. The number of allylic oxidation sites excluding steroid dienone is 1. The molecule has 194 valence electrons. The third-order valence-electron chi connectivity index (χ3n) is 6.86. The van der Waals surface area contributed by atoms with E-state index in [1.165, 1.54) is 59.9 Å². The molecular weight excluding hydrogens is 436 g/mol. The van der Waals surface area contributed by atoms with E-state index in [9.17, 15) is 0 Å². The molecule has 0 aliphatic heterocycles. The predicted octanol–water partition coefficient (Wildman–Crippen LogP) is 7.88. The number of hydrogen-bond acceptors (Lipinski definition) is 4.